The van der Waals surface area contributed by atoms with E-state index < -0.39 is 5.56 Å². The van der Waals surface area contributed by atoms with Crippen LogP contribution >= 0.6 is 11.3 Å². The quantitative estimate of drug-likeness (QED) is 0.518. The molecule has 8 heteroatoms. The summed E-state index contributed by atoms with van der Waals surface area (Å²) in [5.41, 5.74) is 1.06. The topological polar surface area (TPSA) is 108 Å². The van der Waals surface area contributed by atoms with E-state index in [4.69, 9.17) is 4.74 Å². The molecule has 0 radical (unpaired) electrons. The summed E-state index contributed by atoms with van der Waals surface area (Å²) in [4.78, 5) is 17.9. The highest BCUT2D eigenvalue weighted by atomic mass is 32.1. The third-order valence-corrected chi connectivity index (χ3v) is 5.39. The standard InChI is InChI=1S/C19H13N3O4S/c1-9-16-14(7-13(23)17(9)24)27-19-21-15(12(8-20)18(25)22(16)19)10-3-5-11(26-2)6-4-10/h3-7,23-24H,1-2H3. The molecule has 134 valence electrons. The molecular formula is C19H13N3O4S. The molecule has 0 fully saturated rings. The number of ether oxygens (including phenoxy) is 1. The number of hydrogen-bond acceptors (Lipinski definition) is 7. The Balaban J connectivity index is 2.11. The van der Waals surface area contributed by atoms with Gasteiger partial charge in [-0.25, -0.2) is 9.38 Å². The van der Waals surface area contributed by atoms with Crippen molar-refractivity contribution >= 4 is 26.5 Å². The van der Waals surface area contributed by atoms with Gasteiger partial charge in [-0.15, -0.1) is 0 Å². The Hall–Kier alpha value is -3.57. The van der Waals surface area contributed by atoms with E-state index in [1.54, 1.807) is 38.3 Å². The van der Waals surface area contributed by atoms with E-state index in [2.05, 4.69) is 4.98 Å². The lowest BCUT2D eigenvalue weighted by Gasteiger charge is -2.07. The van der Waals surface area contributed by atoms with Crippen molar-refractivity contribution in [2.75, 3.05) is 7.11 Å². The van der Waals surface area contributed by atoms with Crippen molar-refractivity contribution in [3.63, 3.8) is 0 Å². The zero-order chi connectivity index (χ0) is 19.3. The largest absolute Gasteiger partial charge is 0.504 e. The van der Waals surface area contributed by atoms with Crippen molar-refractivity contribution in [3.8, 4) is 34.6 Å². The van der Waals surface area contributed by atoms with E-state index in [1.165, 1.54) is 21.8 Å². The average molecular weight is 379 g/mol. The number of aromatic nitrogens is 2. The maximum atomic E-state index is 13.0. The van der Waals surface area contributed by atoms with E-state index in [0.717, 1.165) is 0 Å². The van der Waals surface area contributed by atoms with Crippen LogP contribution in [-0.2, 0) is 0 Å². The lowest BCUT2D eigenvalue weighted by Crippen LogP contribution is -2.18. The van der Waals surface area contributed by atoms with Crippen LogP contribution in [-0.4, -0.2) is 26.7 Å². The van der Waals surface area contributed by atoms with Gasteiger partial charge in [0.05, 0.1) is 23.0 Å². The molecule has 2 aromatic carbocycles. The number of hydrogen-bond donors (Lipinski definition) is 2. The molecule has 0 aliphatic rings. The molecule has 2 aromatic heterocycles. The molecule has 2 N–H and O–H groups in total. The van der Waals surface area contributed by atoms with Crippen LogP contribution in [0.1, 0.15) is 11.1 Å². The van der Waals surface area contributed by atoms with Crippen molar-refractivity contribution in [1.29, 1.82) is 5.26 Å². The summed E-state index contributed by atoms with van der Waals surface area (Å²) >= 11 is 1.20. The van der Waals surface area contributed by atoms with Crippen molar-refractivity contribution in [1.82, 2.24) is 9.38 Å². The smallest absolute Gasteiger partial charge is 0.277 e. The minimum Gasteiger partial charge on any atom is -0.504 e. The van der Waals surface area contributed by atoms with Gasteiger partial charge in [0.1, 0.15) is 17.4 Å². The molecule has 4 rings (SSSR count). The third-order valence-electron chi connectivity index (χ3n) is 4.41. The van der Waals surface area contributed by atoms with Gasteiger partial charge in [0.25, 0.3) is 5.56 Å². The molecule has 0 saturated carbocycles. The first-order chi connectivity index (χ1) is 13.0. The normalized spacial score (nSPS) is 11.0. The Labute approximate surface area is 157 Å². The van der Waals surface area contributed by atoms with Gasteiger partial charge in [0, 0.05) is 17.2 Å². The fourth-order valence-electron chi connectivity index (χ4n) is 3.03. The van der Waals surface area contributed by atoms with Crippen LogP contribution in [0.4, 0.5) is 0 Å². The van der Waals surface area contributed by atoms with Gasteiger partial charge in [-0.2, -0.15) is 5.26 Å². The number of phenolic OH excluding ortho intramolecular Hbond substituents is 2. The Morgan fingerprint density at radius 2 is 1.96 bits per heavy atom. The van der Waals surface area contributed by atoms with Gasteiger partial charge in [0.2, 0.25) is 0 Å². The Morgan fingerprint density at radius 3 is 2.59 bits per heavy atom. The summed E-state index contributed by atoms with van der Waals surface area (Å²) in [6.45, 7) is 1.60. The van der Waals surface area contributed by atoms with Gasteiger partial charge in [0.15, 0.2) is 16.5 Å². The highest BCUT2D eigenvalue weighted by Gasteiger charge is 2.21. The van der Waals surface area contributed by atoms with Crippen LogP contribution in [0.2, 0.25) is 0 Å². The minimum atomic E-state index is -0.521. The van der Waals surface area contributed by atoms with Crippen molar-refractivity contribution in [2.45, 2.75) is 6.92 Å². The zero-order valence-corrected chi connectivity index (χ0v) is 15.2. The van der Waals surface area contributed by atoms with E-state index >= 15 is 0 Å². The minimum absolute atomic E-state index is 0.0932. The number of nitrogens with zero attached hydrogens (tertiary/aromatic N) is 3. The number of thiazole rings is 1. The van der Waals surface area contributed by atoms with E-state index in [1.807, 2.05) is 6.07 Å². The highest BCUT2D eigenvalue weighted by molar-refractivity contribution is 7.23. The molecule has 0 aliphatic heterocycles. The van der Waals surface area contributed by atoms with Gasteiger partial charge in [-0.3, -0.25) is 4.79 Å². The summed E-state index contributed by atoms with van der Waals surface area (Å²) in [5, 5.41) is 29.5. The highest BCUT2D eigenvalue weighted by Crippen LogP contribution is 2.38. The first-order valence-electron chi connectivity index (χ1n) is 7.91. The number of nitriles is 1. The number of aryl methyl sites for hydroxylation is 1. The monoisotopic (exact) mass is 379 g/mol. The second-order valence-corrected chi connectivity index (χ2v) is 6.93. The molecule has 7 nitrogen and oxygen atoms in total. The fraction of sp³-hybridized carbons (Fsp3) is 0.105. The molecule has 0 atom stereocenters. The summed E-state index contributed by atoms with van der Waals surface area (Å²) in [6.07, 6.45) is 0. The second kappa shape index (κ2) is 6.00. The molecule has 0 unspecified atom stereocenters. The number of methoxy groups -OCH3 is 1. The summed E-state index contributed by atoms with van der Waals surface area (Å²) in [6, 6.07) is 10.2. The number of aromatic hydroxyl groups is 2. The number of benzene rings is 2. The SMILES string of the molecule is COc1ccc(-c2nc3sc4cc(O)c(O)c(C)c4n3c(=O)c2C#N)cc1. The number of phenols is 2. The predicted octanol–water partition coefficient (Wildman–Crippen LogP) is 3.18. The van der Waals surface area contributed by atoms with Crippen LogP contribution in [0, 0.1) is 18.3 Å². The van der Waals surface area contributed by atoms with E-state index in [9.17, 15) is 20.3 Å². The first-order valence-corrected chi connectivity index (χ1v) is 8.73. The molecule has 27 heavy (non-hydrogen) atoms. The molecule has 4 aromatic rings. The average Bonchev–Trinajstić information content (AvgIpc) is 3.04. The zero-order valence-electron chi connectivity index (χ0n) is 14.3. The van der Waals surface area contributed by atoms with Crippen LogP contribution in [0.25, 0.3) is 26.4 Å². The molecule has 0 aliphatic carbocycles. The molecule has 2 heterocycles. The molecular weight excluding hydrogens is 366 g/mol. The summed E-state index contributed by atoms with van der Waals surface area (Å²) in [7, 11) is 1.55. The summed E-state index contributed by atoms with van der Waals surface area (Å²) in [5.74, 6) is 0.0841. The molecule has 0 amide bonds. The number of rotatable bonds is 2. The van der Waals surface area contributed by atoms with Crippen molar-refractivity contribution in [2.24, 2.45) is 0 Å². The van der Waals surface area contributed by atoms with Crippen molar-refractivity contribution in [3.05, 3.63) is 51.8 Å². The van der Waals surface area contributed by atoms with E-state index in [0.29, 0.717) is 32.1 Å². The van der Waals surface area contributed by atoms with Gasteiger partial charge in [-0.1, -0.05) is 11.3 Å². The van der Waals surface area contributed by atoms with E-state index in [-0.39, 0.29) is 22.8 Å². The Kier molecular flexibility index (Phi) is 3.75. The fourth-order valence-corrected chi connectivity index (χ4v) is 4.14. The second-order valence-electron chi connectivity index (χ2n) is 5.92. The lowest BCUT2D eigenvalue weighted by molar-refractivity contribution is 0.402. The third kappa shape index (κ3) is 2.40. The predicted molar refractivity (Wildman–Crippen MR) is 102 cm³/mol. The first kappa shape index (κ1) is 16.9. The Morgan fingerprint density at radius 1 is 1.26 bits per heavy atom. The maximum absolute atomic E-state index is 13.0. The Bertz CT molecular complexity index is 1310. The van der Waals surface area contributed by atoms with Crippen LogP contribution in [0.5, 0.6) is 17.2 Å². The number of fused-ring (bicyclic) bond motifs is 3. The molecule has 0 bridgehead atoms. The summed E-state index contributed by atoms with van der Waals surface area (Å²) < 4.78 is 7.03. The van der Waals surface area contributed by atoms with Gasteiger partial charge in [-0.05, 0) is 31.2 Å². The molecule has 0 spiro atoms. The van der Waals surface area contributed by atoms with Crippen LogP contribution < -0.4 is 10.3 Å². The van der Waals surface area contributed by atoms with Crippen molar-refractivity contribution < 1.29 is 14.9 Å². The van der Waals surface area contributed by atoms with Gasteiger partial charge >= 0.3 is 0 Å². The van der Waals surface area contributed by atoms with Crippen LogP contribution in [0.15, 0.2) is 35.1 Å². The van der Waals surface area contributed by atoms with Gasteiger partial charge < -0.3 is 14.9 Å². The van der Waals surface area contributed by atoms with Crippen LogP contribution in [0.3, 0.4) is 0 Å². The maximum Gasteiger partial charge on any atom is 0.277 e. The molecule has 0 saturated heterocycles. The lowest BCUT2D eigenvalue weighted by atomic mass is 10.1.